The number of hydrogen-bond acceptors (Lipinski definition) is 3. The molecule has 14 heavy (non-hydrogen) atoms. The summed E-state index contributed by atoms with van der Waals surface area (Å²) in [7, 11) is -1.85. The summed E-state index contributed by atoms with van der Waals surface area (Å²) in [6, 6.07) is 0. The van der Waals surface area contributed by atoms with Gasteiger partial charge in [-0.05, 0) is 34.6 Å². The molecule has 0 fully saturated rings. The van der Waals surface area contributed by atoms with Crippen LogP contribution < -0.4 is 0 Å². The maximum Gasteiger partial charge on any atom is 0.218 e. The van der Waals surface area contributed by atoms with Crippen molar-refractivity contribution in [2.75, 3.05) is 13.6 Å². The quantitative estimate of drug-likeness (QED) is 0.770. The molecule has 0 aromatic rings. The van der Waals surface area contributed by atoms with Crippen molar-refractivity contribution >= 4 is 10.0 Å². The van der Waals surface area contributed by atoms with Crippen LogP contribution in [-0.2, 0) is 10.0 Å². The van der Waals surface area contributed by atoms with E-state index in [0.717, 1.165) is 0 Å². The zero-order chi connectivity index (χ0) is 11.8. The second-order valence-corrected chi connectivity index (χ2v) is 7.98. The van der Waals surface area contributed by atoms with Gasteiger partial charge in [-0.15, -0.1) is 0 Å². The highest BCUT2D eigenvalue weighted by atomic mass is 32.2. The van der Waals surface area contributed by atoms with Gasteiger partial charge in [-0.3, -0.25) is 0 Å². The van der Waals surface area contributed by atoms with Crippen LogP contribution in [0.2, 0.25) is 0 Å². The first-order valence-corrected chi connectivity index (χ1v) is 6.00. The molecule has 0 rings (SSSR count). The summed E-state index contributed by atoms with van der Waals surface area (Å²) in [4.78, 5) is 0. The lowest BCUT2D eigenvalue weighted by atomic mass is 10.1. The predicted octanol–water partition coefficient (Wildman–Crippen LogP) is 0.817. The molecule has 4 nitrogen and oxygen atoms in total. The summed E-state index contributed by atoms with van der Waals surface area (Å²) >= 11 is 0. The van der Waals surface area contributed by atoms with Gasteiger partial charge in [-0.1, -0.05) is 0 Å². The molecule has 0 aliphatic carbocycles. The minimum absolute atomic E-state index is 0.104. The summed E-state index contributed by atoms with van der Waals surface area (Å²) in [5.74, 6) is 0. The predicted molar refractivity (Wildman–Crippen MR) is 57.6 cm³/mol. The molecule has 1 N–H and O–H groups in total. The van der Waals surface area contributed by atoms with Crippen LogP contribution >= 0.6 is 0 Å². The third-order valence-corrected chi connectivity index (χ3v) is 4.29. The first-order chi connectivity index (χ1) is 5.88. The molecule has 0 amide bonds. The van der Waals surface area contributed by atoms with Crippen LogP contribution in [0.15, 0.2) is 0 Å². The Hall–Kier alpha value is -0.130. The van der Waals surface area contributed by atoms with E-state index in [9.17, 15) is 13.5 Å². The van der Waals surface area contributed by atoms with E-state index >= 15 is 0 Å². The number of aliphatic hydroxyl groups is 1. The topological polar surface area (TPSA) is 57.6 Å². The molecule has 0 bridgehead atoms. The Kier molecular flexibility index (Phi) is 3.76. The van der Waals surface area contributed by atoms with Gasteiger partial charge >= 0.3 is 0 Å². The molecular formula is C9H21NO3S. The van der Waals surface area contributed by atoms with Crippen LogP contribution in [0.1, 0.15) is 34.6 Å². The monoisotopic (exact) mass is 223 g/mol. The Morgan fingerprint density at radius 2 is 1.50 bits per heavy atom. The normalized spacial score (nSPS) is 14.9. The van der Waals surface area contributed by atoms with Crippen molar-refractivity contribution in [1.29, 1.82) is 0 Å². The SMILES string of the molecule is CN(CC(C)(C)O)S(=O)(=O)C(C)(C)C. The standard InChI is InChI=1S/C9H21NO3S/c1-8(2,3)14(12,13)10(6)7-9(4,5)11/h11H,7H2,1-6H3. The highest BCUT2D eigenvalue weighted by Gasteiger charge is 2.35. The highest BCUT2D eigenvalue weighted by Crippen LogP contribution is 2.20. The van der Waals surface area contributed by atoms with E-state index in [1.54, 1.807) is 34.6 Å². The van der Waals surface area contributed by atoms with E-state index in [4.69, 9.17) is 0 Å². The van der Waals surface area contributed by atoms with Gasteiger partial charge in [0.25, 0.3) is 0 Å². The molecule has 0 heterocycles. The van der Waals surface area contributed by atoms with Gasteiger partial charge in [0.1, 0.15) is 0 Å². The molecule has 0 saturated carbocycles. The van der Waals surface area contributed by atoms with E-state index in [-0.39, 0.29) is 6.54 Å². The average Bonchev–Trinajstić information content (AvgIpc) is 1.80. The Balaban J connectivity index is 4.80. The molecule has 0 aliphatic rings. The first-order valence-electron chi connectivity index (χ1n) is 4.56. The van der Waals surface area contributed by atoms with Gasteiger partial charge < -0.3 is 5.11 Å². The summed E-state index contributed by atoms with van der Waals surface area (Å²) in [6.45, 7) is 8.20. The van der Waals surface area contributed by atoms with Gasteiger partial charge in [0, 0.05) is 13.6 Å². The lowest BCUT2D eigenvalue weighted by molar-refractivity contribution is 0.0635. The summed E-state index contributed by atoms with van der Waals surface area (Å²) < 4.78 is 24.1. The van der Waals surface area contributed by atoms with Gasteiger partial charge in [-0.25, -0.2) is 12.7 Å². The van der Waals surface area contributed by atoms with Crippen molar-refractivity contribution in [3.8, 4) is 0 Å². The molecule has 86 valence electrons. The number of nitrogens with zero attached hydrogens (tertiary/aromatic N) is 1. The number of sulfonamides is 1. The van der Waals surface area contributed by atoms with Gasteiger partial charge in [0.2, 0.25) is 10.0 Å². The Labute approximate surface area is 87.0 Å². The number of hydrogen-bond donors (Lipinski definition) is 1. The fourth-order valence-corrected chi connectivity index (χ4v) is 2.52. The van der Waals surface area contributed by atoms with Gasteiger partial charge in [-0.2, -0.15) is 0 Å². The van der Waals surface area contributed by atoms with E-state index in [2.05, 4.69) is 0 Å². The zero-order valence-electron chi connectivity index (χ0n) is 9.83. The van der Waals surface area contributed by atoms with Crippen LogP contribution in [-0.4, -0.2) is 41.8 Å². The molecule has 0 saturated heterocycles. The Morgan fingerprint density at radius 1 is 1.14 bits per heavy atom. The molecule has 5 heteroatoms. The van der Waals surface area contributed by atoms with Crippen molar-refractivity contribution in [3.05, 3.63) is 0 Å². The van der Waals surface area contributed by atoms with Crippen molar-refractivity contribution < 1.29 is 13.5 Å². The number of likely N-dealkylation sites (N-methyl/N-ethyl adjacent to an activating group) is 1. The van der Waals surface area contributed by atoms with E-state index < -0.39 is 20.4 Å². The van der Waals surface area contributed by atoms with Crippen molar-refractivity contribution in [3.63, 3.8) is 0 Å². The molecule has 0 unspecified atom stereocenters. The van der Waals surface area contributed by atoms with E-state index in [1.807, 2.05) is 0 Å². The van der Waals surface area contributed by atoms with E-state index in [1.165, 1.54) is 11.4 Å². The lowest BCUT2D eigenvalue weighted by Gasteiger charge is -2.30. The second kappa shape index (κ2) is 3.79. The molecule has 0 aromatic heterocycles. The first kappa shape index (κ1) is 13.9. The second-order valence-electron chi connectivity index (χ2n) is 5.19. The molecule has 0 radical (unpaired) electrons. The fraction of sp³-hybridized carbons (Fsp3) is 1.00. The third-order valence-electron chi connectivity index (χ3n) is 1.79. The molecule has 0 atom stereocenters. The summed E-state index contributed by atoms with van der Waals surface area (Å²) in [6.07, 6.45) is 0. The fourth-order valence-electron chi connectivity index (χ4n) is 1.10. The zero-order valence-corrected chi connectivity index (χ0v) is 10.6. The number of rotatable bonds is 3. The molecular weight excluding hydrogens is 202 g/mol. The maximum absolute atomic E-state index is 11.8. The minimum atomic E-state index is -3.34. The largest absolute Gasteiger partial charge is 0.389 e. The smallest absolute Gasteiger partial charge is 0.218 e. The Bertz CT molecular complexity index is 282. The van der Waals surface area contributed by atoms with Crippen molar-refractivity contribution in [1.82, 2.24) is 4.31 Å². The molecule has 0 spiro atoms. The van der Waals surface area contributed by atoms with Crippen LogP contribution in [0.4, 0.5) is 0 Å². The Morgan fingerprint density at radius 3 is 1.71 bits per heavy atom. The molecule has 0 aliphatic heterocycles. The highest BCUT2D eigenvalue weighted by molar-refractivity contribution is 7.90. The van der Waals surface area contributed by atoms with Crippen LogP contribution in [0, 0.1) is 0 Å². The minimum Gasteiger partial charge on any atom is -0.389 e. The van der Waals surface area contributed by atoms with Crippen molar-refractivity contribution in [2.45, 2.75) is 45.0 Å². The van der Waals surface area contributed by atoms with Gasteiger partial charge in [0.05, 0.1) is 10.3 Å². The van der Waals surface area contributed by atoms with Crippen LogP contribution in [0.5, 0.6) is 0 Å². The summed E-state index contributed by atoms with van der Waals surface area (Å²) in [5, 5.41) is 9.51. The van der Waals surface area contributed by atoms with E-state index in [0.29, 0.717) is 0 Å². The lowest BCUT2D eigenvalue weighted by Crippen LogP contribution is -2.46. The molecule has 0 aromatic carbocycles. The average molecular weight is 223 g/mol. The summed E-state index contributed by atoms with van der Waals surface area (Å²) in [5.41, 5.74) is -1.01. The van der Waals surface area contributed by atoms with Gasteiger partial charge in [0.15, 0.2) is 0 Å². The van der Waals surface area contributed by atoms with Crippen LogP contribution in [0.3, 0.4) is 0 Å². The van der Waals surface area contributed by atoms with Crippen LogP contribution in [0.25, 0.3) is 0 Å². The maximum atomic E-state index is 11.8. The third kappa shape index (κ3) is 3.55. The van der Waals surface area contributed by atoms with Crippen molar-refractivity contribution in [2.24, 2.45) is 0 Å².